The summed E-state index contributed by atoms with van der Waals surface area (Å²) in [5.74, 6) is -0.316. The van der Waals surface area contributed by atoms with E-state index in [9.17, 15) is 14.4 Å². The highest BCUT2D eigenvalue weighted by atomic mass is 16.5. The largest absolute Gasteiger partial charge is 0.497 e. The van der Waals surface area contributed by atoms with Gasteiger partial charge in [-0.05, 0) is 54.5 Å². The van der Waals surface area contributed by atoms with Crippen LogP contribution >= 0.6 is 0 Å². The van der Waals surface area contributed by atoms with Gasteiger partial charge in [0.2, 0.25) is 5.91 Å². The molecule has 0 saturated carbocycles. The average Bonchev–Trinajstić information content (AvgIpc) is 3.45. The first-order chi connectivity index (χ1) is 17.5. The van der Waals surface area contributed by atoms with E-state index in [1.165, 1.54) is 4.90 Å². The molecule has 2 aromatic rings. The van der Waals surface area contributed by atoms with Gasteiger partial charge in [0.15, 0.2) is 0 Å². The van der Waals surface area contributed by atoms with Crippen LogP contribution in [0, 0.1) is 0 Å². The van der Waals surface area contributed by atoms with Gasteiger partial charge in [0, 0.05) is 6.61 Å². The van der Waals surface area contributed by atoms with Gasteiger partial charge >= 0.3 is 5.97 Å². The lowest BCUT2D eigenvalue weighted by Crippen LogP contribution is -2.72. The predicted octanol–water partition coefficient (Wildman–Crippen LogP) is 2.90. The molecule has 0 bridgehead atoms. The van der Waals surface area contributed by atoms with Crippen LogP contribution in [0.2, 0.25) is 0 Å². The van der Waals surface area contributed by atoms with Crippen molar-refractivity contribution in [1.29, 1.82) is 0 Å². The minimum Gasteiger partial charge on any atom is -0.497 e. The SMILES string of the molecule is COc1ccc(COC(=O)C2=C(C3CCCO3)CC[C@@H]3[C@H](NC(=O)Cc4ccccc4)C(=O)N23)cc1. The first kappa shape index (κ1) is 24.1. The van der Waals surface area contributed by atoms with E-state index in [2.05, 4.69) is 5.32 Å². The highest BCUT2D eigenvalue weighted by Crippen LogP contribution is 2.40. The molecule has 0 aromatic heterocycles. The maximum absolute atomic E-state index is 13.3. The molecular formula is C28H30N2O6. The van der Waals surface area contributed by atoms with Crippen LogP contribution in [0.3, 0.4) is 0 Å². The van der Waals surface area contributed by atoms with E-state index in [1.54, 1.807) is 19.2 Å². The molecule has 1 unspecified atom stereocenters. The number of methoxy groups -OCH3 is 1. The molecule has 2 amide bonds. The van der Waals surface area contributed by atoms with E-state index in [0.29, 0.717) is 19.4 Å². The van der Waals surface area contributed by atoms with Crippen molar-refractivity contribution < 1.29 is 28.6 Å². The van der Waals surface area contributed by atoms with Crippen molar-refractivity contribution in [3.63, 3.8) is 0 Å². The van der Waals surface area contributed by atoms with Crippen molar-refractivity contribution in [2.24, 2.45) is 0 Å². The summed E-state index contributed by atoms with van der Waals surface area (Å²) in [6, 6.07) is 15.8. The lowest BCUT2D eigenvalue weighted by molar-refractivity contribution is -0.158. The van der Waals surface area contributed by atoms with E-state index in [-0.39, 0.29) is 42.7 Å². The number of ether oxygens (including phenoxy) is 3. The normalized spacial score (nSPS) is 23.1. The van der Waals surface area contributed by atoms with E-state index in [1.807, 2.05) is 42.5 Å². The zero-order chi connectivity index (χ0) is 25.1. The van der Waals surface area contributed by atoms with Crippen molar-refractivity contribution in [2.75, 3.05) is 13.7 Å². The summed E-state index contributed by atoms with van der Waals surface area (Å²) in [5.41, 5.74) is 2.80. The molecule has 2 fully saturated rings. The molecule has 3 aliphatic rings. The lowest BCUT2D eigenvalue weighted by atomic mass is 9.81. The molecule has 3 atom stereocenters. The second-order valence-electron chi connectivity index (χ2n) is 9.32. The maximum Gasteiger partial charge on any atom is 0.355 e. The lowest BCUT2D eigenvalue weighted by Gasteiger charge is -2.51. The second-order valence-corrected chi connectivity index (χ2v) is 9.32. The molecule has 8 heteroatoms. The van der Waals surface area contributed by atoms with Crippen LogP contribution in [0.25, 0.3) is 0 Å². The fourth-order valence-electron chi connectivity index (χ4n) is 5.19. The van der Waals surface area contributed by atoms with Gasteiger partial charge in [-0.2, -0.15) is 0 Å². The smallest absolute Gasteiger partial charge is 0.355 e. The Morgan fingerprint density at radius 2 is 1.83 bits per heavy atom. The van der Waals surface area contributed by atoms with Gasteiger partial charge < -0.3 is 19.5 Å². The van der Waals surface area contributed by atoms with Crippen LogP contribution < -0.4 is 10.1 Å². The number of amides is 2. The Labute approximate surface area is 210 Å². The Morgan fingerprint density at radius 3 is 2.53 bits per heavy atom. The molecule has 5 rings (SSSR count). The monoisotopic (exact) mass is 490 g/mol. The number of benzene rings is 2. The fraction of sp³-hybridized carbons (Fsp3) is 0.393. The van der Waals surface area contributed by atoms with Crippen LogP contribution in [-0.2, 0) is 36.9 Å². The molecule has 1 N–H and O–H groups in total. The number of carbonyl (C=O) groups excluding carboxylic acids is 3. The van der Waals surface area contributed by atoms with E-state index in [4.69, 9.17) is 14.2 Å². The minimum atomic E-state index is -0.642. The van der Waals surface area contributed by atoms with Gasteiger partial charge in [-0.3, -0.25) is 14.5 Å². The molecular weight excluding hydrogens is 460 g/mol. The Hall–Kier alpha value is -3.65. The third-order valence-electron chi connectivity index (χ3n) is 7.04. The summed E-state index contributed by atoms with van der Waals surface area (Å²) in [7, 11) is 1.59. The van der Waals surface area contributed by atoms with E-state index < -0.39 is 12.0 Å². The Morgan fingerprint density at radius 1 is 1.06 bits per heavy atom. The van der Waals surface area contributed by atoms with Crippen LogP contribution in [0.15, 0.2) is 65.9 Å². The zero-order valence-electron chi connectivity index (χ0n) is 20.3. The predicted molar refractivity (Wildman–Crippen MR) is 131 cm³/mol. The second kappa shape index (κ2) is 10.5. The Balaban J connectivity index is 1.30. The first-order valence-electron chi connectivity index (χ1n) is 12.4. The van der Waals surface area contributed by atoms with Crippen molar-refractivity contribution >= 4 is 17.8 Å². The Bertz CT molecular complexity index is 1150. The number of nitrogens with zero attached hydrogens (tertiary/aromatic N) is 1. The molecule has 3 aliphatic heterocycles. The van der Waals surface area contributed by atoms with Crippen LogP contribution in [0.5, 0.6) is 5.75 Å². The summed E-state index contributed by atoms with van der Waals surface area (Å²) < 4.78 is 16.7. The quantitative estimate of drug-likeness (QED) is 0.452. The first-order valence-corrected chi connectivity index (χ1v) is 12.4. The summed E-state index contributed by atoms with van der Waals surface area (Å²) in [6.07, 6.45) is 3.02. The van der Waals surface area contributed by atoms with Gasteiger partial charge in [-0.1, -0.05) is 42.5 Å². The molecule has 2 aromatic carbocycles. The van der Waals surface area contributed by atoms with Gasteiger partial charge in [0.1, 0.15) is 24.1 Å². The van der Waals surface area contributed by atoms with Crippen LogP contribution in [0.1, 0.15) is 36.8 Å². The highest BCUT2D eigenvalue weighted by molar-refractivity contribution is 6.02. The third kappa shape index (κ3) is 4.86. The summed E-state index contributed by atoms with van der Waals surface area (Å²) >= 11 is 0. The number of carbonyl (C=O) groups is 3. The van der Waals surface area contributed by atoms with E-state index >= 15 is 0 Å². The minimum absolute atomic E-state index is 0.0784. The van der Waals surface area contributed by atoms with E-state index in [0.717, 1.165) is 35.3 Å². The number of rotatable bonds is 8. The highest BCUT2D eigenvalue weighted by Gasteiger charge is 2.54. The molecule has 2 saturated heterocycles. The number of fused-ring (bicyclic) bond motifs is 1. The van der Waals surface area contributed by atoms with Gasteiger partial charge in [0.25, 0.3) is 5.91 Å². The molecule has 36 heavy (non-hydrogen) atoms. The average molecular weight is 491 g/mol. The van der Waals surface area contributed by atoms with Crippen LogP contribution in [-0.4, -0.2) is 54.6 Å². The molecule has 3 heterocycles. The van der Waals surface area contributed by atoms with Crippen molar-refractivity contribution in [3.05, 3.63) is 77.0 Å². The molecule has 8 nitrogen and oxygen atoms in total. The van der Waals surface area contributed by atoms with Gasteiger partial charge in [-0.25, -0.2) is 4.79 Å². The number of hydrogen-bond donors (Lipinski definition) is 1. The summed E-state index contributed by atoms with van der Waals surface area (Å²) in [6.45, 7) is 0.715. The molecule has 0 radical (unpaired) electrons. The number of β-lactam (4-membered cyclic amide) rings is 1. The van der Waals surface area contributed by atoms with Crippen molar-refractivity contribution in [2.45, 2.75) is 56.9 Å². The number of nitrogens with one attached hydrogen (secondary N) is 1. The maximum atomic E-state index is 13.3. The van der Waals surface area contributed by atoms with Crippen molar-refractivity contribution in [3.8, 4) is 5.75 Å². The van der Waals surface area contributed by atoms with Crippen molar-refractivity contribution in [1.82, 2.24) is 10.2 Å². The molecule has 0 aliphatic carbocycles. The van der Waals surface area contributed by atoms with Gasteiger partial charge in [-0.15, -0.1) is 0 Å². The number of esters is 1. The zero-order valence-corrected chi connectivity index (χ0v) is 20.3. The Kier molecular flexibility index (Phi) is 7.04. The molecule has 0 spiro atoms. The standard InChI is InChI=1S/C28H30N2O6/c1-34-20-11-9-19(10-12-20)17-36-28(33)26-21(23-8-5-15-35-23)13-14-22-25(27(32)30(22)26)29-24(31)16-18-6-3-2-4-7-18/h2-4,6-7,9-12,22-23,25H,5,8,13-17H2,1H3,(H,29,31)/t22-,23?,25+/m1/s1. The third-order valence-corrected chi connectivity index (χ3v) is 7.04. The number of hydrogen-bond acceptors (Lipinski definition) is 6. The topological polar surface area (TPSA) is 94.2 Å². The fourth-order valence-corrected chi connectivity index (χ4v) is 5.19. The van der Waals surface area contributed by atoms with Gasteiger partial charge in [0.05, 0.1) is 25.7 Å². The molecule has 188 valence electrons. The van der Waals surface area contributed by atoms with Crippen LogP contribution in [0.4, 0.5) is 0 Å². The summed E-state index contributed by atoms with van der Waals surface area (Å²) in [5, 5.41) is 2.88. The summed E-state index contributed by atoms with van der Waals surface area (Å²) in [4.78, 5) is 40.7.